The van der Waals surface area contributed by atoms with Gasteiger partial charge in [-0.15, -0.1) is 0 Å². The number of fused-ring (bicyclic) bond motifs is 1. The van der Waals surface area contributed by atoms with Crippen molar-refractivity contribution in [3.63, 3.8) is 0 Å². The van der Waals surface area contributed by atoms with E-state index < -0.39 is 11.1 Å². The Morgan fingerprint density at radius 1 is 1.57 bits per heavy atom. The van der Waals surface area contributed by atoms with Crippen LogP contribution >= 0.6 is 12.2 Å². The monoisotopic (exact) mass is 228 g/mol. The van der Waals surface area contributed by atoms with Gasteiger partial charge in [-0.25, -0.2) is 0 Å². The van der Waals surface area contributed by atoms with E-state index in [1.807, 2.05) is 0 Å². The lowest BCUT2D eigenvalue weighted by Gasteiger charge is -2.03. The first-order valence-electron chi connectivity index (χ1n) is 3.83. The SMILES string of the molecule is O=S([O-])Cc1ccc2oc(=S)[nH]c2c1. The number of aromatic amines is 1. The van der Waals surface area contributed by atoms with E-state index in [9.17, 15) is 8.76 Å². The Bertz CT molecular complexity index is 543. The molecular formula is C8H6NO3S2-. The summed E-state index contributed by atoms with van der Waals surface area (Å²) < 4.78 is 26.0. The molecular weight excluding hydrogens is 222 g/mol. The summed E-state index contributed by atoms with van der Waals surface area (Å²) in [6.45, 7) is 0. The molecule has 0 aliphatic rings. The predicted molar refractivity (Wildman–Crippen MR) is 54.0 cm³/mol. The Morgan fingerprint density at radius 3 is 3.07 bits per heavy atom. The number of hydrogen-bond donors (Lipinski definition) is 1. The summed E-state index contributed by atoms with van der Waals surface area (Å²) in [5, 5.41) is 0. The third kappa shape index (κ3) is 1.92. The molecule has 6 heteroatoms. The van der Waals surface area contributed by atoms with Crippen molar-refractivity contribution < 1.29 is 13.2 Å². The number of rotatable bonds is 2. The second-order valence-corrected chi connectivity index (χ2v) is 4.06. The number of benzene rings is 1. The molecule has 0 amide bonds. The van der Waals surface area contributed by atoms with Gasteiger partial charge in [-0.3, -0.25) is 4.21 Å². The van der Waals surface area contributed by atoms with Gasteiger partial charge in [0.1, 0.15) is 0 Å². The third-order valence-corrected chi connectivity index (χ3v) is 2.52. The molecule has 1 atom stereocenters. The molecule has 1 heterocycles. The van der Waals surface area contributed by atoms with E-state index in [0.29, 0.717) is 16.0 Å². The number of aromatic nitrogens is 1. The van der Waals surface area contributed by atoms with E-state index in [2.05, 4.69) is 4.98 Å². The van der Waals surface area contributed by atoms with Crippen LogP contribution in [0.1, 0.15) is 5.56 Å². The largest absolute Gasteiger partial charge is 0.772 e. The highest BCUT2D eigenvalue weighted by atomic mass is 32.2. The minimum absolute atomic E-state index is 0.00171. The van der Waals surface area contributed by atoms with Crippen molar-refractivity contribution in [2.45, 2.75) is 5.75 Å². The molecule has 14 heavy (non-hydrogen) atoms. The summed E-state index contributed by atoms with van der Waals surface area (Å²) in [6.07, 6.45) is 0. The van der Waals surface area contributed by atoms with E-state index in [1.165, 1.54) is 0 Å². The van der Waals surface area contributed by atoms with Crippen molar-refractivity contribution in [1.29, 1.82) is 0 Å². The fraction of sp³-hybridized carbons (Fsp3) is 0.125. The highest BCUT2D eigenvalue weighted by molar-refractivity contribution is 7.78. The van der Waals surface area contributed by atoms with Crippen molar-refractivity contribution in [1.82, 2.24) is 4.98 Å². The quantitative estimate of drug-likeness (QED) is 0.629. The van der Waals surface area contributed by atoms with Gasteiger partial charge in [0.15, 0.2) is 5.58 Å². The van der Waals surface area contributed by atoms with Crippen LogP contribution in [0, 0.1) is 4.84 Å². The highest BCUT2D eigenvalue weighted by Gasteiger charge is 2.00. The zero-order valence-corrected chi connectivity index (χ0v) is 8.61. The standard InChI is InChI=1S/C8H7NO3S2/c10-14(11)4-5-1-2-7-6(3-5)9-8(13)12-7/h1-3H,4H2,(H,9,13)(H,10,11)/p-1. The van der Waals surface area contributed by atoms with Crippen LogP contribution in [0.3, 0.4) is 0 Å². The molecule has 0 spiro atoms. The van der Waals surface area contributed by atoms with Gasteiger partial charge < -0.3 is 14.0 Å². The summed E-state index contributed by atoms with van der Waals surface area (Å²) in [5.74, 6) is 0.00171. The van der Waals surface area contributed by atoms with Crippen molar-refractivity contribution in [2.75, 3.05) is 0 Å². The molecule has 4 nitrogen and oxygen atoms in total. The number of hydrogen-bond acceptors (Lipinski definition) is 4. The van der Waals surface area contributed by atoms with Crippen LogP contribution in [0.25, 0.3) is 11.1 Å². The average molecular weight is 228 g/mol. The molecule has 1 N–H and O–H groups in total. The maximum absolute atomic E-state index is 10.5. The van der Waals surface area contributed by atoms with Gasteiger partial charge in [0.05, 0.1) is 5.52 Å². The number of nitrogens with one attached hydrogen (secondary N) is 1. The summed E-state index contributed by atoms with van der Waals surface area (Å²) in [4.78, 5) is 3.11. The lowest BCUT2D eigenvalue weighted by molar-refractivity contribution is 0.536. The van der Waals surface area contributed by atoms with E-state index in [4.69, 9.17) is 16.6 Å². The second-order valence-electron chi connectivity index (χ2n) is 2.79. The fourth-order valence-electron chi connectivity index (χ4n) is 1.23. The normalized spacial score (nSPS) is 13.2. The van der Waals surface area contributed by atoms with E-state index in [1.54, 1.807) is 18.2 Å². The molecule has 1 unspecified atom stereocenters. The molecule has 1 aromatic heterocycles. The van der Waals surface area contributed by atoms with Gasteiger partial charge in [0, 0.05) is 5.75 Å². The van der Waals surface area contributed by atoms with Crippen LogP contribution in [-0.4, -0.2) is 13.7 Å². The van der Waals surface area contributed by atoms with Crippen LogP contribution in [0.15, 0.2) is 22.6 Å². The lowest BCUT2D eigenvalue weighted by Crippen LogP contribution is -1.92. The maximum Gasteiger partial charge on any atom is 0.266 e. The summed E-state index contributed by atoms with van der Waals surface area (Å²) >= 11 is 2.73. The van der Waals surface area contributed by atoms with Crippen LogP contribution in [0.5, 0.6) is 0 Å². The van der Waals surface area contributed by atoms with E-state index >= 15 is 0 Å². The van der Waals surface area contributed by atoms with Crippen LogP contribution in [0.2, 0.25) is 0 Å². The lowest BCUT2D eigenvalue weighted by atomic mass is 10.2. The Hall–Kier alpha value is -0.980. The summed E-state index contributed by atoms with van der Waals surface area (Å²) in [7, 11) is 0. The minimum atomic E-state index is -2.07. The van der Waals surface area contributed by atoms with Crippen molar-refractivity contribution in [3.05, 3.63) is 28.6 Å². The van der Waals surface area contributed by atoms with Gasteiger partial charge in [-0.05, 0) is 29.9 Å². The molecule has 0 fully saturated rings. The predicted octanol–water partition coefficient (Wildman–Crippen LogP) is 1.87. The molecule has 74 valence electrons. The van der Waals surface area contributed by atoms with E-state index in [-0.39, 0.29) is 5.75 Å². The maximum atomic E-state index is 10.5. The Morgan fingerprint density at radius 2 is 2.36 bits per heavy atom. The summed E-state index contributed by atoms with van der Waals surface area (Å²) in [5.41, 5.74) is 2.06. The number of oxazole rings is 1. The van der Waals surface area contributed by atoms with Crippen LogP contribution in [0.4, 0.5) is 0 Å². The van der Waals surface area contributed by atoms with Crippen LogP contribution in [-0.2, 0) is 16.8 Å². The molecule has 2 aromatic rings. The smallest absolute Gasteiger partial charge is 0.266 e. The van der Waals surface area contributed by atoms with Gasteiger partial charge >= 0.3 is 0 Å². The summed E-state index contributed by atoms with van der Waals surface area (Å²) in [6, 6.07) is 5.11. The van der Waals surface area contributed by atoms with E-state index in [0.717, 1.165) is 5.52 Å². The molecule has 0 radical (unpaired) electrons. The molecule has 2 rings (SSSR count). The Kier molecular flexibility index (Phi) is 2.49. The van der Waals surface area contributed by atoms with Gasteiger partial charge in [0.25, 0.3) is 4.84 Å². The first-order valence-corrected chi connectivity index (χ1v) is 5.48. The number of H-pyrrole nitrogens is 1. The zero-order valence-electron chi connectivity index (χ0n) is 6.98. The Labute approximate surface area is 87.2 Å². The minimum Gasteiger partial charge on any atom is -0.772 e. The first kappa shape index (κ1) is 9.57. The van der Waals surface area contributed by atoms with Crippen molar-refractivity contribution in [3.8, 4) is 0 Å². The van der Waals surface area contributed by atoms with Gasteiger partial charge in [-0.2, -0.15) is 0 Å². The molecule has 0 saturated carbocycles. The van der Waals surface area contributed by atoms with Crippen molar-refractivity contribution >= 4 is 34.4 Å². The topological polar surface area (TPSA) is 69.1 Å². The molecule has 0 bridgehead atoms. The zero-order chi connectivity index (χ0) is 10.1. The average Bonchev–Trinajstić information content (AvgIpc) is 2.42. The molecule has 0 saturated heterocycles. The molecule has 1 aromatic carbocycles. The third-order valence-electron chi connectivity index (χ3n) is 1.77. The van der Waals surface area contributed by atoms with Crippen LogP contribution < -0.4 is 0 Å². The highest BCUT2D eigenvalue weighted by Crippen LogP contribution is 2.15. The van der Waals surface area contributed by atoms with Crippen molar-refractivity contribution in [2.24, 2.45) is 0 Å². The molecule has 0 aliphatic heterocycles. The van der Waals surface area contributed by atoms with Gasteiger partial charge in [0.2, 0.25) is 0 Å². The van der Waals surface area contributed by atoms with Gasteiger partial charge in [-0.1, -0.05) is 17.1 Å². The fourth-order valence-corrected chi connectivity index (χ4v) is 1.88. The first-order chi connectivity index (χ1) is 6.65. The Balaban J connectivity index is 2.50. The second kappa shape index (κ2) is 3.64. The molecule has 0 aliphatic carbocycles.